The van der Waals surface area contributed by atoms with Crippen molar-refractivity contribution in [3.05, 3.63) is 0 Å². The molecule has 0 fully saturated rings. The molecule has 5 atom stereocenters. The smallest absolute Gasteiger partial charge is 0.326 e. The van der Waals surface area contributed by atoms with Crippen LogP contribution >= 0.6 is 11.8 Å². The maximum absolute atomic E-state index is 13.0. The predicted molar refractivity (Wildman–Crippen MR) is 121 cm³/mol. The number of carboxylic acids is 2. The molecule has 0 aliphatic carbocycles. The summed E-state index contributed by atoms with van der Waals surface area (Å²) in [5, 5.41) is 25.4. The van der Waals surface area contributed by atoms with Crippen LogP contribution in [0.2, 0.25) is 0 Å². The second kappa shape index (κ2) is 14.7. The van der Waals surface area contributed by atoms with E-state index >= 15 is 0 Å². The van der Waals surface area contributed by atoms with Crippen LogP contribution in [0.3, 0.4) is 0 Å². The summed E-state index contributed by atoms with van der Waals surface area (Å²) in [4.78, 5) is 60.2. The van der Waals surface area contributed by atoms with Crippen LogP contribution in [0.1, 0.15) is 47.0 Å². The van der Waals surface area contributed by atoms with E-state index in [-0.39, 0.29) is 18.3 Å². The summed E-state index contributed by atoms with van der Waals surface area (Å²) >= 11 is 1.42. The molecule has 0 aliphatic rings. The Morgan fingerprint density at radius 3 is 1.91 bits per heavy atom. The van der Waals surface area contributed by atoms with Gasteiger partial charge in [0.1, 0.15) is 18.1 Å². The Labute approximate surface area is 192 Å². The molecule has 11 nitrogen and oxygen atoms in total. The predicted octanol–water partition coefficient (Wildman–Crippen LogP) is -0.217. The van der Waals surface area contributed by atoms with Crippen LogP contribution in [0.5, 0.6) is 0 Å². The molecule has 7 N–H and O–H groups in total. The molecular weight excluding hydrogens is 440 g/mol. The van der Waals surface area contributed by atoms with Gasteiger partial charge in [0.25, 0.3) is 0 Å². The second-order valence-electron chi connectivity index (χ2n) is 7.98. The third-order valence-corrected chi connectivity index (χ3v) is 5.70. The van der Waals surface area contributed by atoms with Gasteiger partial charge in [0.2, 0.25) is 17.7 Å². The number of aliphatic carboxylic acids is 2. The van der Waals surface area contributed by atoms with Crippen LogP contribution in [-0.4, -0.2) is 76.0 Å². The van der Waals surface area contributed by atoms with Crippen molar-refractivity contribution in [2.45, 2.75) is 71.1 Å². The molecule has 0 aromatic rings. The highest BCUT2D eigenvalue weighted by Gasteiger charge is 2.33. The van der Waals surface area contributed by atoms with Gasteiger partial charge in [-0.15, -0.1) is 0 Å². The Morgan fingerprint density at radius 1 is 0.906 bits per heavy atom. The van der Waals surface area contributed by atoms with Crippen molar-refractivity contribution in [2.75, 3.05) is 12.0 Å². The molecular formula is C20H36N4O7S. The summed E-state index contributed by atoms with van der Waals surface area (Å²) < 4.78 is 0. The van der Waals surface area contributed by atoms with Gasteiger partial charge < -0.3 is 31.9 Å². The molecule has 0 heterocycles. The van der Waals surface area contributed by atoms with Crippen molar-refractivity contribution >= 4 is 41.4 Å². The van der Waals surface area contributed by atoms with E-state index in [9.17, 15) is 29.1 Å². The first kappa shape index (κ1) is 29.7. The lowest BCUT2D eigenvalue weighted by Crippen LogP contribution is -2.59. The van der Waals surface area contributed by atoms with E-state index in [0.717, 1.165) is 0 Å². The highest BCUT2D eigenvalue weighted by molar-refractivity contribution is 7.98. The summed E-state index contributed by atoms with van der Waals surface area (Å²) in [7, 11) is 0. The quantitative estimate of drug-likeness (QED) is 0.186. The molecule has 0 aromatic carbocycles. The number of hydrogen-bond donors (Lipinski definition) is 6. The number of nitrogens with one attached hydrogen (secondary N) is 3. The zero-order chi connectivity index (χ0) is 25.0. The van der Waals surface area contributed by atoms with Gasteiger partial charge in [-0.1, -0.05) is 34.1 Å². The SMILES string of the molecule is CCC(C)C(NC(=O)C(N)C(C)C)C(=O)NC(CCSC)C(=O)NC(CC(=O)O)C(=O)O. The van der Waals surface area contributed by atoms with E-state index in [2.05, 4.69) is 16.0 Å². The third-order valence-electron chi connectivity index (χ3n) is 5.05. The minimum Gasteiger partial charge on any atom is -0.481 e. The number of carbonyl (C=O) groups is 5. The van der Waals surface area contributed by atoms with Crippen molar-refractivity contribution in [2.24, 2.45) is 17.6 Å². The molecule has 0 radical (unpaired) electrons. The molecule has 3 amide bonds. The average molecular weight is 477 g/mol. The van der Waals surface area contributed by atoms with Crippen LogP contribution in [0.4, 0.5) is 0 Å². The molecule has 12 heteroatoms. The van der Waals surface area contributed by atoms with E-state index in [4.69, 9.17) is 10.8 Å². The number of carboxylic acid groups (broad SMARTS) is 2. The van der Waals surface area contributed by atoms with Crippen molar-refractivity contribution in [3.63, 3.8) is 0 Å². The zero-order valence-electron chi connectivity index (χ0n) is 19.2. The molecule has 0 saturated heterocycles. The lowest BCUT2D eigenvalue weighted by atomic mass is 9.96. The summed E-state index contributed by atoms with van der Waals surface area (Å²) in [6.07, 6.45) is 1.75. The van der Waals surface area contributed by atoms with E-state index < -0.39 is 60.2 Å². The van der Waals surface area contributed by atoms with Crippen molar-refractivity contribution in [1.82, 2.24) is 16.0 Å². The molecule has 0 bridgehead atoms. The van der Waals surface area contributed by atoms with Crippen molar-refractivity contribution in [1.29, 1.82) is 0 Å². The van der Waals surface area contributed by atoms with Gasteiger partial charge in [0.15, 0.2) is 0 Å². The number of hydrogen-bond acceptors (Lipinski definition) is 7. The van der Waals surface area contributed by atoms with Crippen molar-refractivity contribution in [3.8, 4) is 0 Å². The van der Waals surface area contributed by atoms with Gasteiger partial charge in [0, 0.05) is 0 Å². The molecule has 0 spiro atoms. The normalized spacial score (nSPS) is 15.7. The van der Waals surface area contributed by atoms with Crippen LogP contribution in [0.25, 0.3) is 0 Å². The maximum atomic E-state index is 13.0. The largest absolute Gasteiger partial charge is 0.481 e. The average Bonchev–Trinajstić information content (AvgIpc) is 2.72. The first-order valence-electron chi connectivity index (χ1n) is 10.5. The van der Waals surface area contributed by atoms with Crippen LogP contribution < -0.4 is 21.7 Å². The fraction of sp³-hybridized carbons (Fsp3) is 0.750. The Bertz CT molecular complexity index is 674. The minimum atomic E-state index is -1.64. The molecule has 32 heavy (non-hydrogen) atoms. The summed E-state index contributed by atoms with van der Waals surface area (Å²) in [6.45, 7) is 7.18. The minimum absolute atomic E-state index is 0.141. The number of nitrogens with two attached hydrogens (primary N) is 1. The number of carbonyl (C=O) groups excluding carboxylic acids is 3. The van der Waals surface area contributed by atoms with Crippen molar-refractivity contribution < 1.29 is 34.2 Å². The second-order valence-corrected chi connectivity index (χ2v) is 8.97. The molecule has 5 unspecified atom stereocenters. The lowest BCUT2D eigenvalue weighted by Gasteiger charge is -2.28. The topological polar surface area (TPSA) is 188 Å². The van der Waals surface area contributed by atoms with Gasteiger partial charge in [-0.05, 0) is 30.3 Å². The van der Waals surface area contributed by atoms with Gasteiger partial charge in [-0.3, -0.25) is 19.2 Å². The number of rotatable bonds is 15. The Hall–Kier alpha value is -2.34. The van der Waals surface area contributed by atoms with Crippen LogP contribution in [0, 0.1) is 11.8 Å². The summed E-state index contributed by atoms with van der Waals surface area (Å²) in [5.74, 6) is -4.71. The number of amides is 3. The Balaban J connectivity index is 5.54. The van der Waals surface area contributed by atoms with E-state index in [1.165, 1.54) is 11.8 Å². The zero-order valence-corrected chi connectivity index (χ0v) is 20.0. The highest BCUT2D eigenvalue weighted by atomic mass is 32.2. The van der Waals surface area contributed by atoms with Gasteiger partial charge >= 0.3 is 11.9 Å². The molecule has 0 saturated carbocycles. The first-order valence-corrected chi connectivity index (χ1v) is 11.8. The van der Waals surface area contributed by atoms with Gasteiger partial charge in [0.05, 0.1) is 12.5 Å². The Morgan fingerprint density at radius 2 is 1.47 bits per heavy atom. The fourth-order valence-corrected chi connectivity index (χ4v) is 3.14. The highest BCUT2D eigenvalue weighted by Crippen LogP contribution is 2.11. The third kappa shape index (κ3) is 10.3. The summed E-state index contributed by atoms with van der Waals surface area (Å²) in [6, 6.07) is -4.50. The molecule has 184 valence electrons. The fourth-order valence-electron chi connectivity index (χ4n) is 2.67. The molecule has 0 aliphatic heterocycles. The van der Waals surface area contributed by atoms with Gasteiger partial charge in [-0.2, -0.15) is 11.8 Å². The van der Waals surface area contributed by atoms with Crippen LogP contribution in [-0.2, 0) is 24.0 Å². The van der Waals surface area contributed by atoms with E-state index in [1.807, 2.05) is 6.92 Å². The number of thioether (sulfide) groups is 1. The molecule has 0 aromatic heterocycles. The Kier molecular flexibility index (Phi) is 13.6. The standard InChI is InChI=1S/C20H36N4O7S/c1-6-11(4)16(24-18(28)15(21)10(2)3)19(29)22-12(7-8-32-5)17(27)23-13(20(30)31)9-14(25)26/h10-13,15-16H,6-9,21H2,1-5H3,(H,22,29)(H,23,27)(H,24,28)(H,25,26)(H,30,31). The van der Waals surface area contributed by atoms with E-state index in [1.54, 1.807) is 27.0 Å². The maximum Gasteiger partial charge on any atom is 0.326 e. The summed E-state index contributed by atoms with van der Waals surface area (Å²) in [5.41, 5.74) is 5.87. The first-order chi connectivity index (χ1) is 14.8. The van der Waals surface area contributed by atoms with Crippen LogP contribution in [0.15, 0.2) is 0 Å². The van der Waals surface area contributed by atoms with E-state index in [0.29, 0.717) is 12.2 Å². The van der Waals surface area contributed by atoms with Gasteiger partial charge in [-0.25, -0.2) is 4.79 Å². The monoisotopic (exact) mass is 476 g/mol. The lowest BCUT2D eigenvalue weighted by molar-refractivity contribution is -0.147. The molecule has 0 rings (SSSR count).